The first kappa shape index (κ1) is 12.1. The van der Waals surface area contributed by atoms with Crippen molar-refractivity contribution in [1.82, 2.24) is 25.0 Å². The van der Waals surface area contributed by atoms with Crippen LogP contribution in [-0.2, 0) is 14.7 Å². The van der Waals surface area contributed by atoms with Crippen molar-refractivity contribution in [2.75, 3.05) is 13.1 Å². The fourth-order valence-electron chi connectivity index (χ4n) is 2.08. The van der Waals surface area contributed by atoms with Crippen molar-refractivity contribution < 1.29 is 22.0 Å². The number of hydrogen-bond acceptors (Lipinski definition) is 6. The maximum atomic E-state index is 11.9. The van der Waals surface area contributed by atoms with E-state index < -0.39 is 22.5 Å². The van der Waals surface area contributed by atoms with Gasteiger partial charge in [0.15, 0.2) is 0 Å². The molecular formula is C8H9N5O5S. The van der Waals surface area contributed by atoms with Gasteiger partial charge in [0.2, 0.25) is 0 Å². The Morgan fingerprint density at radius 1 is 1.47 bits per heavy atom. The Morgan fingerprint density at radius 2 is 2.26 bits per heavy atom. The number of nitrogens with zero attached hydrogens (tertiary/aromatic N) is 5. The molecule has 1 aromatic heterocycles. The van der Waals surface area contributed by atoms with Gasteiger partial charge in [-0.3, -0.25) is 4.55 Å². The molecule has 11 heteroatoms. The molecule has 1 N–H and O–H groups in total. The van der Waals surface area contributed by atoms with E-state index in [4.69, 9.17) is 4.55 Å². The van der Waals surface area contributed by atoms with Crippen LogP contribution < -0.4 is 0 Å². The molecule has 2 aliphatic heterocycles. The number of aromatic nitrogens is 3. The number of urea groups is 1. The van der Waals surface area contributed by atoms with Crippen molar-refractivity contribution >= 4 is 22.1 Å². The molecule has 0 aromatic carbocycles. The summed E-state index contributed by atoms with van der Waals surface area (Å²) in [4.78, 5) is 13.2. The molecule has 0 radical (unpaired) electrons. The number of hydrogen-bond donors (Lipinski definition) is 1. The molecule has 19 heavy (non-hydrogen) atoms. The highest BCUT2D eigenvalue weighted by molar-refractivity contribution is 7.80. The Hall–Kier alpha value is -1.98. The highest BCUT2D eigenvalue weighted by Gasteiger charge is 2.43. The van der Waals surface area contributed by atoms with E-state index in [0.29, 0.717) is 10.8 Å². The molecule has 1 fully saturated rings. The Labute approximate surface area is 107 Å². The lowest BCUT2D eigenvalue weighted by molar-refractivity contribution is -0.0183. The normalized spacial score (nSPS) is 22.9. The molecule has 3 rings (SSSR count). The summed E-state index contributed by atoms with van der Waals surface area (Å²) in [5, 5.41) is 8.07. The van der Waals surface area contributed by atoms with Gasteiger partial charge in [0.1, 0.15) is 6.04 Å². The van der Waals surface area contributed by atoms with Crippen LogP contribution in [0, 0.1) is 0 Å². The zero-order chi connectivity index (χ0) is 13.6. The zero-order valence-electron chi connectivity index (χ0n) is 9.45. The van der Waals surface area contributed by atoms with Gasteiger partial charge in [0.05, 0.1) is 24.6 Å². The van der Waals surface area contributed by atoms with Gasteiger partial charge in [-0.05, 0) is 6.08 Å². The van der Waals surface area contributed by atoms with Crippen LogP contribution in [0.4, 0.5) is 4.79 Å². The first-order valence-corrected chi connectivity index (χ1v) is 6.63. The summed E-state index contributed by atoms with van der Waals surface area (Å²) in [6.07, 6.45) is 4.73. The first-order chi connectivity index (χ1) is 8.94. The molecule has 1 atom stereocenters. The summed E-state index contributed by atoms with van der Waals surface area (Å²) in [5.41, 5.74) is 0.670. The summed E-state index contributed by atoms with van der Waals surface area (Å²) < 4.78 is 35.8. The molecule has 1 unspecified atom stereocenters. The molecule has 2 amide bonds. The Kier molecular flexibility index (Phi) is 2.55. The maximum absolute atomic E-state index is 11.9. The van der Waals surface area contributed by atoms with Crippen LogP contribution in [0.25, 0.3) is 5.70 Å². The second-order valence-electron chi connectivity index (χ2n) is 4.06. The molecule has 1 aromatic rings. The second kappa shape index (κ2) is 4.01. The van der Waals surface area contributed by atoms with Crippen molar-refractivity contribution in [3.8, 4) is 0 Å². The Bertz CT molecular complexity index is 638. The standard InChI is InChI=1S/C8H9N5O5S/c14-8-11-4-6(12-2-1-9-10-12)3-7(5-11)13(8)18-19(15,16)17/h1-3,7H,4-5H2,(H,15,16,17). The topological polar surface area (TPSA) is 118 Å². The molecule has 0 saturated carbocycles. The predicted molar refractivity (Wildman–Crippen MR) is 59.5 cm³/mol. The third kappa shape index (κ3) is 2.18. The summed E-state index contributed by atoms with van der Waals surface area (Å²) in [6, 6.07) is -1.24. The lowest BCUT2D eigenvalue weighted by Crippen LogP contribution is -2.35. The minimum atomic E-state index is -4.74. The van der Waals surface area contributed by atoms with Gasteiger partial charge in [0.25, 0.3) is 0 Å². The summed E-state index contributed by atoms with van der Waals surface area (Å²) in [5.74, 6) is 0. The van der Waals surface area contributed by atoms with Gasteiger partial charge in [-0.1, -0.05) is 5.21 Å². The van der Waals surface area contributed by atoms with Crippen molar-refractivity contribution in [3.63, 3.8) is 0 Å². The van der Waals surface area contributed by atoms with Crippen LogP contribution >= 0.6 is 0 Å². The van der Waals surface area contributed by atoms with E-state index >= 15 is 0 Å². The van der Waals surface area contributed by atoms with E-state index in [9.17, 15) is 13.2 Å². The largest absolute Gasteiger partial charge is 0.418 e. The van der Waals surface area contributed by atoms with Crippen molar-refractivity contribution in [1.29, 1.82) is 0 Å². The van der Waals surface area contributed by atoms with E-state index in [-0.39, 0.29) is 13.1 Å². The Balaban J connectivity index is 1.90. The van der Waals surface area contributed by atoms with Crippen molar-refractivity contribution in [2.45, 2.75) is 6.04 Å². The van der Waals surface area contributed by atoms with Crippen LogP contribution in [0.5, 0.6) is 0 Å². The minimum absolute atomic E-state index is 0.254. The minimum Gasteiger partial charge on any atom is -0.314 e. The van der Waals surface area contributed by atoms with Gasteiger partial charge >= 0.3 is 16.4 Å². The van der Waals surface area contributed by atoms with E-state index in [1.165, 1.54) is 15.8 Å². The highest BCUT2D eigenvalue weighted by atomic mass is 32.3. The van der Waals surface area contributed by atoms with Crippen molar-refractivity contribution in [2.24, 2.45) is 0 Å². The summed E-state index contributed by atoms with van der Waals surface area (Å²) >= 11 is 0. The smallest absolute Gasteiger partial charge is 0.314 e. The fraction of sp³-hybridized carbons (Fsp3) is 0.375. The number of carbonyl (C=O) groups is 1. The number of amides is 2. The fourth-order valence-corrected chi connectivity index (χ4v) is 2.46. The van der Waals surface area contributed by atoms with E-state index in [2.05, 4.69) is 14.6 Å². The molecule has 2 aliphatic rings. The molecule has 0 spiro atoms. The number of fused-ring (bicyclic) bond motifs is 2. The number of rotatable bonds is 3. The number of hydroxylamine groups is 2. The molecule has 1 saturated heterocycles. The van der Waals surface area contributed by atoms with E-state index in [1.807, 2.05) is 0 Å². The third-order valence-electron chi connectivity index (χ3n) is 2.80. The molecule has 102 valence electrons. The summed E-state index contributed by atoms with van der Waals surface area (Å²) in [7, 11) is -4.74. The average Bonchev–Trinajstić information content (AvgIpc) is 2.92. The third-order valence-corrected chi connectivity index (χ3v) is 3.15. The quantitative estimate of drug-likeness (QED) is 0.706. The van der Waals surface area contributed by atoms with Crippen LogP contribution in [0.1, 0.15) is 0 Å². The molecule has 10 nitrogen and oxygen atoms in total. The molecule has 0 aliphatic carbocycles. The van der Waals surface area contributed by atoms with Crippen LogP contribution in [0.3, 0.4) is 0 Å². The second-order valence-corrected chi connectivity index (χ2v) is 5.07. The van der Waals surface area contributed by atoms with Gasteiger partial charge < -0.3 is 4.90 Å². The lowest BCUT2D eigenvalue weighted by atomic mass is 10.2. The number of carbonyl (C=O) groups excluding carboxylic acids is 1. The lowest BCUT2D eigenvalue weighted by Gasteiger charge is -2.20. The van der Waals surface area contributed by atoms with Crippen LogP contribution in [0.2, 0.25) is 0 Å². The summed E-state index contributed by atoms with van der Waals surface area (Å²) in [6.45, 7) is 0.538. The van der Waals surface area contributed by atoms with Gasteiger partial charge in [0, 0.05) is 6.54 Å². The SMILES string of the molecule is O=C1N2CC(n3ccnn3)=CC(C2)N1OS(=O)(=O)O. The highest BCUT2D eigenvalue weighted by Crippen LogP contribution is 2.26. The molecular weight excluding hydrogens is 278 g/mol. The van der Waals surface area contributed by atoms with Crippen molar-refractivity contribution in [3.05, 3.63) is 18.5 Å². The van der Waals surface area contributed by atoms with E-state index in [0.717, 1.165) is 0 Å². The van der Waals surface area contributed by atoms with E-state index in [1.54, 1.807) is 12.3 Å². The van der Waals surface area contributed by atoms with Gasteiger partial charge in [-0.15, -0.1) is 9.38 Å². The zero-order valence-corrected chi connectivity index (χ0v) is 10.3. The molecule has 2 bridgehead atoms. The monoisotopic (exact) mass is 287 g/mol. The Morgan fingerprint density at radius 3 is 2.89 bits per heavy atom. The maximum Gasteiger partial charge on any atom is 0.418 e. The molecule has 3 heterocycles. The van der Waals surface area contributed by atoms with Crippen LogP contribution in [-0.4, -0.2) is 63.1 Å². The first-order valence-electron chi connectivity index (χ1n) is 5.26. The predicted octanol–water partition coefficient (Wildman–Crippen LogP) is -1.03. The van der Waals surface area contributed by atoms with Crippen LogP contribution in [0.15, 0.2) is 18.5 Å². The average molecular weight is 287 g/mol. The van der Waals surface area contributed by atoms with Gasteiger partial charge in [-0.25, -0.2) is 9.48 Å². The van der Waals surface area contributed by atoms with Gasteiger partial charge in [-0.2, -0.15) is 13.5 Å².